The molecular weight excluding hydrogens is 350 g/mol. The topological polar surface area (TPSA) is 61.4 Å². The van der Waals surface area contributed by atoms with Gasteiger partial charge in [0, 0.05) is 30.7 Å². The molecule has 0 spiro atoms. The first-order valence-electron chi connectivity index (χ1n) is 9.37. The molecule has 2 aliphatic rings. The van der Waals surface area contributed by atoms with Crippen molar-refractivity contribution in [3.8, 4) is 0 Å². The molecule has 3 rings (SSSR count). The van der Waals surface area contributed by atoms with Gasteiger partial charge in [-0.3, -0.25) is 9.59 Å². The summed E-state index contributed by atoms with van der Waals surface area (Å²) in [5.74, 6) is -0.0876. The number of hydrogen-bond acceptors (Lipinski definition) is 3. The Morgan fingerprint density at radius 3 is 2.69 bits per heavy atom. The van der Waals surface area contributed by atoms with Crippen LogP contribution in [0, 0.1) is 5.41 Å². The summed E-state index contributed by atoms with van der Waals surface area (Å²) >= 11 is 6.33. The van der Waals surface area contributed by atoms with Crippen LogP contribution in [-0.4, -0.2) is 41.9 Å². The van der Waals surface area contributed by atoms with E-state index >= 15 is 0 Å². The molecule has 2 N–H and O–H groups in total. The standard InChI is InChI=1S/C20H28ClN3O2/c1-20(2,3)11-18(25)23-13-4-7-17(21)16(10-13)19(26)24-14-5-6-15(24)12-22-9-8-14/h4,7,10,14-15,22H,5-6,8-9,11-12H2,1-3H3,(H,23,25). The second-order valence-corrected chi connectivity index (χ2v) is 8.98. The lowest BCUT2D eigenvalue weighted by atomic mass is 9.92. The van der Waals surface area contributed by atoms with E-state index in [1.54, 1.807) is 18.2 Å². The molecule has 0 aliphatic carbocycles. The van der Waals surface area contributed by atoms with Gasteiger partial charge in [-0.15, -0.1) is 0 Å². The molecule has 2 fully saturated rings. The minimum atomic E-state index is -0.0899. The largest absolute Gasteiger partial charge is 0.331 e. The molecule has 2 heterocycles. The first-order chi connectivity index (χ1) is 12.2. The van der Waals surface area contributed by atoms with Crippen molar-refractivity contribution in [2.24, 2.45) is 5.41 Å². The highest BCUT2D eigenvalue weighted by Crippen LogP contribution is 2.32. The Morgan fingerprint density at radius 1 is 1.23 bits per heavy atom. The van der Waals surface area contributed by atoms with Gasteiger partial charge in [0.05, 0.1) is 10.6 Å². The molecule has 2 bridgehead atoms. The molecule has 0 radical (unpaired) electrons. The Kier molecular flexibility index (Phi) is 5.58. The van der Waals surface area contributed by atoms with Crippen LogP contribution in [-0.2, 0) is 4.79 Å². The summed E-state index contributed by atoms with van der Waals surface area (Å²) in [6.45, 7) is 7.84. The zero-order valence-electron chi connectivity index (χ0n) is 15.8. The number of amides is 2. The Morgan fingerprint density at radius 2 is 1.96 bits per heavy atom. The predicted molar refractivity (Wildman–Crippen MR) is 105 cm³/mol. The van der Waals surface area contributed by atoms with E-state index in [1.165, 1.54) is 0 Å². The summed E-state index contributed by atoms with van der Waals surface area (Å²) in [4.78, 5) is 27.4. The summed E-state index contributed by atoms with van der Waals surface area (Å²) in [5.41, 5.74) is 0.999. The maximum atomic E-state index is 13.2. The minimum absolute atomic E-state index is 0.0295. The van der Waals surface area contributed by atoms with Gasteiger partial charge in [0.1, 0.15) is 0 Å². The van der Waals surface area contributed by atoms with E-state index in [1.807, 2.05) is 25.7 Å². The van der Waals surface area contributed by atoms with Gasteiger partial charge in [-0.05, 0) is 49.4 Å². The van der Waals surface area contributed by atoms with Crippen molar-refractivity contribution in [1.82, 2.24) is 10.2 Å². The molecular formula is C20H28ClN3O2. The third-order valence-corrected chi connectivity index (χ3v) is 5.39. The van der Waals surface area contributed by atoms with Crippen molar-refractivity contribution in [3.05, 3.63) is 28.8 Å². The van der Waals surface area contributed by atoms with E-state index in [0.29, 0.717) is 22.7 Å². The monoisotopic (exact) mass is 377 g/mol. The lowest BCUT2D eigenvalue weighted by Gasteiger charge is -2.28. The van der Waals surface area contributed by atoms with Crippen molar-refractivity contribution in [2.75, 3.05) is 18.4 Å². The number of carbonyl (C=O) groups excluding carboxylic acids is 2. The number of nitrogens with one attached hydrogen (secondary N) is 2. The highest BCUT2D eigenvalue weighted by Gasteiger charge is 2.38. The molecule has 2 atom stereocenters. The van der Waals surface area contributed by atoms with Gasteiger partial charge in [0.25, 0.3) is 5.91 Å². The van der Waals surface area contributed by atoms with Gasteiger partial charge in [-0.25, -0.2) is 0 Å². The molecule has 26 heavy (non-hydrogen) atoms. The van der Waals surface area contributed by atoms with Crippen molar-refractivity contribution >= 4 is 29.1 Å². The van der Waals surface area contributed by atoms with Gasteiger partial charge in [0.15, 0.2) is 0 Å². The minimum Gasteiger partial charge on any atom is -0.331 e. The zero-order valence-corrected chi connectivity index (χ0v) is 16.5. The number of carbonyl (C=O) groups is 2. The molecule has 0 saturated carbocycles. The molecule has 2 amide bonds. The van der Waals surface area contributed by atoms with Crippen LogP contribution in [0.2, 0.25) is 5.02 Å². The molecule has 2 saturated heterocycles. The smallest absolute Gasteiger partial charge is 0.255 e. The zero-order chi connectivity index (χ0) is 18.9. The highest BCUT2D eigenvalue weighted by molar-refractivity contribution is 6.34. The van der Waals surface area contributed by atoms with Crippen LogP contribution in [0.5, 0.6) is 0 Å². The summed E-state index contributed by atoms with van der Waals surface area (Å²) in [7, 11) is 0. The van der Waals surface area contributed by atoms with Crippen LogP contribution < -0.4 is 10.6 Å². The lowest BCUT2D eigenvalue weighted by Crippen LogP contribution is -2.42. The number of halogens is 1. The summed E-state index contributed by atoms with van der Waals surface area (Å²) in [6, 6.07) is 5.66. The number of benzene rings is 1. The number of nitrogens with zero attached hydrogens (tertiary/aromatic N) is 1. The Hall–Kier alpha value is -1.59. The van der Waals surface area contributed by atoms with Crippen LogP contribution in [0.4, 0.5) is 5.69 Å². The van der Waals surface area contributed by atoms with Gasteiger partial charge < -0.3 is 15.5 Å². The maximum Gasteiger partial charge on any atom is 0.255 e. The summed E-state index contributed by atoms with van der Waals surface area (Å²) in [6.07, 6.45) is 3.48. The second kappa shape index (κ2) is 7.57. The van der Waals surface area contributed by atoms with Crippen LogP contribution in [0.3, 0.4) is 0 Å². The lowest BCUT2D eigenvalue weighted by molar-refractivity contribution is -0.117. The fraction of sp³-hybridized carbons (Fsp3) is 0.600. The molecule has 2 unspecified atom stereocenters. The molecule has 1 aromatic carbocycles. The van der Waals surface area contributed by atoms with E-state index in [0.717, 1.165) is 32.4 Å². The van der Waals surface area contributed by atoms with Gasteiger partial charge >= 0.3 is 0 Å². The molecule has 142 valence electrons. The quantitative estimate of drug-likeness (QED) is 0.844. The summed E-state index contributed by atoms with van der Waals surface area (Å²) in [5, 5.41) is 6.73. The first-order valence-corrected chi connectivity index (χ1v) is 9.75. The van der Waals surface area contributed by atoms with E-state index in [4.69, 9.17) is 11.6 Å². The SMILES string of the molecule is CC(C)(C)CC(=O)Nc1ccc(Cl)c(C(=O)N2C3CCNCC2CC3)c1. The Labute approximate surface area is 160 Å². The van der Waals surface area contributed by atoms with Gasteiger partial charge in [-0.1, -0.05) is 32.4 Å². The van der Waals surface area contributed by atoms with E-state index in [-0.39, 0.29) is 29.3 Å². The molecule has 0 aromatic heterocycles. The number of fused-ring (bicyclic) bond motifs is 2. The molecule has 2 aliphatic heterocycles. The van der Waals surface area contributed by atoms with Crippen molar-refractivity contribution in [2.45, 2.75) is 58.5 Å². The number of rotatable bonds is 3. The normalized spacial score (nSPS) is 22.8. The molecule has 6 heteroatoms. The van der Waals surface area contributed by atoms with Gasteiger partial charge in [-0.2, -0.15) is 0 Å². The average Bonchev–Trinajstić information content (AvgIpc) is 2.79. The van der Waals surface area contributed by atoms with E-state index in [2.05, 4.69) is 10.6 Å². The molecule has 1 aromatic rings. The molecule has 5 nitrogen and oxygen atoms in total. The fourth-order valence-electron chi connectivity index (χ4n) is 3.91. The predicted octanol–water partition coefficient (Wildman–Crippen LogP) is 3.68. The first kappa shape index (κ1) is 19.2. The van der Waals surface area contributed by atoms with Crippen molar-refractivity contribution < 1.29 is 9.59 Å². The highest BCUT2D eigenvalue weighted by atomic mass is 35.5. The third kappa shape index (κ3) is 4.38. The van der Waals surface area contributed by atoms with Crippen molar-refractivity contribution in [3.63, 3.8) is 0 Å². The van der Waals surface area contributed by atoms with Gasteiger partial charge in [0.2, 0.25) is 5.91 Å². The number of hydrogen-bond donors (Lipinski definition) is 2. The Balaban J connectivity index is 1.79. The van der Waals surface area contributed by atoms with Crippen LogP contribution in [0.25, 0.3) is 0 Å². The second-order valence-electron chi connectivity index (χ2n) is 8.57. The fourth-order valence-corrected chi connectivity index (χ4v) is 4.11. The third-order valence-electron chi connectivity index (χ3n) is 5.06. The van der Waals surface area contributed by atoms with Crippen LogP contribution in [0.15, 0.2) is 18.2 Å². The van der Waals surface area contributed by atoms with E-state index in [9.17, 15) is 9.59 Å². The van der Waals surface area contributed by atoms with Crippen molar-refractivity contribution in [1.29, 1.82) is 0 Å². The van der Waals surface area contributed by atoms with Crippen LogP contribution in [0.1, 0.15) is 56.8 Å². The van der Waals surface area contributed by atoms with E-state index < -0.39 is 0 Å². The Bertz CT molecular complexity index is 685. The summed E-state index contributed by atoms with van der Waals surface area (Å²) < 4.78 is 0. The van der Waals surface area contributed by atoms with Crippen LogP contribution >= 0.6 is 11.6 Å². The average molecular weight is 378 g/mol. The maximum absolute atomic E-state index is 13.2. The number of anilines is 1.